The molecule has 2 aromatic heterocycles. The van der Waals surface area contributed by atoms with Gasteiger partial charge < -0.3 is 19.2 Å². The Morgan fingerprint density at radius 1 is 0.941 bits per heavy atom. The highest BCUT2D eigenvalue weighted by molar-refractivity contribution is 5.96. The second kappa shape index (κ2) is 9.95. The van der Waals surface area contributed by atoms with E-state index in [0.29, 0.717) is 5.89 Å². The molecule has 2 heterocycles. The van der Waals surface area contributed by atoms with Gasteiger partial charge in [0.25, 0.3) is 5.91 Å². The van der Waals surface area contributed by atoms with Crippen LogP contribution in [0.15, 0.2) is 71.3 Å². The molecule has 0 fully saturated rings. The maximum Gasteiger partial charge on any atom is 0.308 e. The molecule has 1 N–H and O–H groups in total. The molecule has 0 saturated heterocycles. The molecular weight excluding hydrogens is 436 g/mol. The van der Waals surface area contributed by atoms with Gasteiger partial charge in [-0.2, -0.15) is 0 Å². The highest BCUT2D eigenvalue weighted by atomic mass is 16.6. The van der Waals surface area contributed by atoms with Crippen molar-refractivity contribution in [1.82, 2.24) is 20.5 Å². The molecule has 4 aromatic rings. The van der Waals surface area contributed by atoms with Crippen molar-refractivity contribution in [3.63, 3.8) is 0 Å². The standard InChI is InChI=1S/C25H22N4O5/c1-15(27-23(31)21-22(33-16(2)30)20(32-3)13-14-26-21)24-28-29-25(34-24)19-11-9-18(10-12-19)17-7-5-4-6-8-17/h4-15H,1-3H3,(H,27,31)/t15-/m0/s1. The second-order valence-corrected chi connectivity index (χ2v) is 7.37. The second-order valence-electron chi connectivity index (χ2n) is 7.37. The molecule has 0 saturated carbocycles. The Hall–Kier alpha value is -4.53. The Morgan fingerprint density at radius 3 is 2.29 bits per heavy atom. The number of hydrogen-bond acceptors (Lipinski definition) is 8. The van der Waals surface area contributed by atoms with Gasteiger partial charge in [0.15, 0.2) is 11.4 Å². The lowest BCUT2D eigenvalue weighted by Crippen LogP contribution is -2.28. The number of esters is 1. The van der Waals surface area contributed by atoms with Crippen LogP contribution in [0.3, 0.4) is 0 Å². The minimum absolute atomic E-state index is 0.0630. The van der Waals surface area contributed by atoms with E-state index in [-0.39, 0.29) is 23.1 Å². The van der Waals surface area contributed by atoms with Gasteiger partial charge in [-0.25, -0.2) is 4.98 Å². The van der Waals surface area contributed by atoms with Gasteiger partial charge in [-0.3, -0.25) is 9.59 Å². The van der Waals surface area contributed by atoms with Crippen molar-refractivity contribution in [1.29, 1.82) is 0 Å². The van der Waals surface area contributed by atoms with Crippen LogP contribution in [0, 0.1) is 0 Å². The van der Waals surface area contributed by atoms with Crippen molar-refractivity contribution >= 4 is 11.9 Å². The molecule has 0 bridgehead atoms. The van der Waals surface area contributed by atoms with E-state index in [0.717, 1.165) is 16.7 Å². The Balaban J connectivity index is 1.49. The monoisotopic (exact) mass is 458 g/mol. The Kier molecular flexibility index (Phi) is 6.63. The van der Waals surface area contributed by atoms with Crippen LogP contribution in [0.4, 0.5) is 0 Å². The third kappa shape index (κ3) is 4.93. The van der Waals surface area contributed by atoms with Crippen LogP contribution in [0.2, 0.25) is 0 Å². The van der Waals surface area contributed by atoms with E-state index in [1.807, 2.05) is 54.6 Å². The zero-order valence-corrected chi connectivity index (χ0v) is 18.8. The van der Waals surface area contributed by atoms with Gasteiger partial charge in [0.2, 0.25) is 17.5 Å². The van der Waals surface area contributed by atoms with Crippen LogP contribution in [-0.4, -0.2) is 34.2 Å². The first-order chi connectivity index (χ1) is 16.5. The Labute approximate surface area is 195 Å². The third-order valence-electron chi connectivity index (χ3n) is 4.95. The molecule has 1 amide bonds. The predicted molar refractivity (Wildman–Crippen MR) is 123 cm³/mol. The van der Waals surface area contributed by atoms with Gasteiger partial charge in [0, 0.05) is 24.8 Å². The fourth-order valence-electron chi connectivity index (χ4n) is 3.28. The van der Waals surface area contributed by atoms with Crippen molar-refractivity contribution in [2.24, 2.45) is 0 Å². The maximum absolute atomic E-state index is 12.8. The van der Waals surface area contributed by atoms with Crippen molar-refractivity contribution in [3.8, 4) is 34.1 Å². The number of aromatic nitrogens is 3. The van der Waals surface area contributed by atoms with Gasteiger partial charge in [-0.15, -0.1) is 10.2 Å². The number of hydrogen-bond donors (Lipinski definition) is 1. The van der Waals surface area contributed by atoms with Crippen LogP contribution in [-0.2, 0) is 4.79 Å². The van der Waals surface area contributed by atoms with Gasteiger partial charge in [0.1, 0.15) is 6.04 Å². The summed E-state index contributed by atoms with van der Waals surface area (Å²) >= 11 is 0. The molecule has 0 radical (unpaired) electrons. The molecule has 0 aliphatic carbocycles. The van der Waals surface area contributed by atoms with E-state index in [2.05, 4.69) is 20.5 Å². The summed E-state index contributed by atoms with van der Waals surface area (Å²) in [5.74, 6) is -0.500. The van der Waals surface area contributed by atoms with Crippen molar-refractivity contribution in [2.75, 3.05) is 7.11 Å². The number of nitrogens with one attached hydrogen (secondary N) is 1. The number of nitrogens with zero attached hydrogens (tertiary/aromatic N) is 3. The Morgan fingerprint density at radius 2 is 1.62 bits per heavy atom. The normalized spacial score (nSPS) is 11.5. The fraction of sp³-hybridized carbons (Fsp3) is 0.160. The van der Waals surface area contributed by atoms with Gasteiger partial charge >= 0.3 is 5.97 Å². The van der Waals surface area contributed by atoms with Crippen LogP contribution < -0.4 is 14.8 Å². The molecule has 0 spiro atoms. The smallest absolute Gasteiger partial charge is 0.308 e. The van der Waals surface area contributed by atoms with E-state index in [4.69, 9.17) is 13.9 Å². The first-order valence-corrected chi connectivity index (χ1v) is 10.5. The largest absolute Gasteiger partial charge is 0.493 e. The first-order valence-electron chi connectivity index (χ1n) is 10.5. The molecule has 0 aliphatic heterocycles. The van der Waals surface area contributed by atoms with Crippen molar-refractivity contribution in [3.05, 3.63) is 78.4 Å². The fourth-order valence-corrected chi connectivity index (χ4v) is 3.28. The van der Waals surface area contributed by atoms with Gasteiger partial charge in [-0.1, -0.05) is 42.5 Å². The van der Waals surface area contributed by atoms with Crippen LogP contribution in [0.1, 0.15) is 36.3 Å². The molecule has 4 rings (SSSR count). The molecule has 9 nitrogen and oxygen atoms in total. The molecule has 0 unspecified atom stereocenters. The molecule has 0 aliphatic rings. The summed E-state index contributed by atoms with van der Waals surface area (Å²) in [6, 6.07) is 18.6. The number of amides is 1. The summed E-state index contributed by atoms with van der Waals surface area (Å²) in [5.41, 5.74) is 2.83. The number of rotatable bonds is 7. The minimum atomic E-state index is -0.629. The Bertz CT molecular complexity index is 1300. The number of ether oxygens (including phenoxy) is 2. The summed E-state index contributed by atoms with van der Waals surface area (Å²) in [7, 11) is 1.40. The number of methoxy groups -OCH3 is 1. The van der Waals surface area contributed by atoms with Crippen molar-refractivity contribution in [2.45, 2.75) is 19.9 Å². The number of pyridine rings is 1. The van der Waals surface area contributed by atoms with Gasteiger partial charge in [-0.05, 0) is 30.2 Å². The highest BCUT2D eigenvalue weighted by Gasteiger charge is 2.24. The first kappa shape index (κ1) is 22.7. The zero-order valence-electron chi connectivity index (χ0n) is 18.8. The maximum atomic E-state index is 12.8. The lowest BCUT2D eigenvalue weighted by atomic mass is 10.0. The van der Waals surface area contributed by atoms with Crippen LogP contribution in [0.5, 0.6) is 11.5 Å². The quantitative estimate of drug-likeness (QED) is 0.409. The number of benzene rings is 2. The number of carbonyl (C=O) groups excluding carboxylic acids is 2. The van der Waals surface area contributed by atoms with E-state index in [1.165, 1.54) is 26.3 Å². The lowest BCUT2D eigenvalue weighted by molar-refractivity contribution is -0.132. The van der Waals surface area contributed by atoms with Gasteiger partial charge in [0.05, 0.1) is 7.11 Å². The predicted octanol–water partition coefficient (Wildman–Crippen LogP) is 4.22. The molecule has 2 aromatic carbocycles. The van der Waals surface area contributed by atoms with E-state index < -0.39 is 17.9 Å². The molecule has 172 valence electrons. The van der Waals surface area contributed by atoms with E-state index in [1.54, 1.807) is 6.92 Å². The van der Waals surface area contributed by atoms with Crippen LogP contribution >= 0.6 is 0 Å². The SMILES string of the molecule is COc1ccnc(C(=O)N[C@@H](C)c2nnc(-c3ccc(-c4ccccc4)cc3)o2)c1OC(C)=O. The summed E-state index contributed by atoms with van der Waals surface area (Å²) in [4.78, 5) is 28.3. The summed E-state index contributed by atoms with van der Waals surface area (Å²) in [5, 5.41) is 10.9. The molecule has 34 heavy (non-hydrogen) atoms. The lowest BCUT2D eigenvalue weighted by Gasteiger charge is -2.14. The highest BCUT2D eigenvalue weighted by Crippen LogP contribution is 2.30. The average molecular weight is 458 g/mol. The minimum Gasteiger partial charge on any atom is -0.493 e. The summed E-state index contributed by atoms with van der Waals surface area (Å²) in [6.07, 6.45) is 1.38. The molecule has 1 atom stereocenters. The van der Waals surface area contributed by atoms with Crippen LogP contribution in [0.25, 0.3) is 22.6 Å². The van der Waals surface area contributed by atoms with E-state index in [9.17, 15) is 9.59 Å². The molecular formula is C25H22N4O5. The summed E-state index contributed by atoms with van der Waals surface area (Å²) in [6.45, 7) is 2.92. The summed E-state index contributed by atoms with van der Waals surface area (Å²) < 4.78 is 16.1. The van der Waals surface area contributed by atoms with Crippen molar-refractivity contribution < 1.29 is 23.5 Å². The number of carbonyl (C=O) groups is 2. The average Bonchev–Trinajstić information content (AvgIpc) is 3.35. The van der Waals surface area contributed by atoms with E-state index >= 15 is 0 Å². The topological polar surface area (TPSA) is 116 Å². The molecule has 9 heteroatoms. The third-order valence-corrected chi connectivity index (χ3v) is 4.95. The zero-order chi connectivity index (χ0) is 24.1.